The molecule has 1 aliphatic rings. The van der Waals surface area contributed by atoms with E-state index < -0.39 is 10.0 Å². The third-order valence-corrected chi connectivity index (χ3v) is 5.43. The van der Waals surface area contributed by atoms with Crippen LogP contribution in [-0.4, -0.2) is 13.4 Å². The van der Waals surface area contributed by atoms with Gasteiger partial charge in [-0.25, -0.2) is 13.1 Å². The second-order valence-electron chi connectivity index (χ2n) is 5.41. The first kappa shape index (κ1) is 14.2. The van der Waals surface area contributed by atoms with Crippen LogP contribution in [0, 0.1) is 0 Å². The van der Waals surface area contributed by atoms with Crippen molar-refractivity contribution in [2.24, 2.45) is 0 Å². The van der Waals surface area contributed by atoms with Crippen molar-refractivity contribution in [2.75, 3.05) is 0 Å². The molecule has 21 heavy (non-hydrogen) atoms. The van der Waals surface area contributed by atoms with Gasteiger partial charge in [0.15, 0.2) is 0 Å². The summed E-state index contributed by atoms with van der Waals surface area (Å²) in [5, 5.41) is 0. The summed E-state index contributed by atoms with van der Waals surface area (Å²) < 4.78 is 27.7. The first-order valence-electron chi connectivity index (χ1n) is 7.10. The van der Waals surface area contributed by atoms with Crippen molar-refractivity contribution in [3.05, 3.63) is 59.4 Å². The molecule has 1 atom stereocenters. The molecular formula is C16H18N2O2S. The molecule has 0 amide bonds. The summed E-state index contributed by atoms with van der Waals surface area (Å²) in [6.45, 7) is 1.82. The first-order valence-corrected chi connectivity index (χ1v) is 8.59. The Balaban J connectivity index is 1.84. The lowest BCUT2D eigenvalue weighted by molar-refractivity contribution is 0.566. The van der Waals surface area contributed by atoms with E-state index in [2.05, 4.69) is 9.71 Å². The standard InChI is InChI=1S/C16H18N2O2S/c1-12(15-6-3-9-17-11-15)18-21(19,20)16-8-7-13-4-2-5-14(13)10-16/h3,6-12,18H,2,4-5H2,1H3. The third-order valence-electron chi connectivity index (χ3n) is 3.90. The number of pyridine rings is 1. The Morgan fingerprint density at radius 1 is 1.19 bits per heavy atom. The Bertz CT molecular complexity index is 742. The normalized spacial score (nSPS) is 15.7. The third kappa shape index (κ3) is 2.99. The zero-order valence-electron chi connectivity index (χ0n) is 11.9. The lowest BCUT2D eigenvalue weighted by Crippen LogP contribution is -2.27. The number of nitrogens with zero attached hydrogens (tertiary/aromatic N) is 1. The minimum Gasteiger partial charge on any atom is -0.264 e. The minimum absolute atomic E-state index is 0.308. The molecule has 1 aromatic heterocycles. The molecule has 0 spiro atoms. The van der Waals surface area contributed by atoms with Crippen LogP contribution >= 0.6 is 0 Å². The second kappa shape index (κ2) is 5.58. The quantitative estimate of drug-likeness (QED) is 0.944. The van der Waals surface area contributed by atoms with E-state index in [9.17, 15) is 8.42 Å². The molecule has 0 bridgehead atoms. The molecule has 4 nitrogen and oxygen atoms in total. The van der Waals surface area contributed by atoms with Crippen LogP contribution in [0.3, 0.4) is 0 Å². The summed E-state index contributed by atoms with van der Waals surface area (Å²) in [7, 11) is -3.51. The summed E-state index contributed by atoms with van der Waals surface area (Å²) in [4.78, 5) is 4.37. The molecule has 5 heteroatoms. The highest BCUT2D eigenvalue weighted by molar-refractivity contribution is 7.89. The van der Waals surface area contributed by atoms with E-state index in [-0.39, 0.29) is 6.04 Å². The Labute approximate surface area is 125 Å². The first-order chi connectivity index (χ1) is 10.1. The molecule has 0 radical (unpaired) electrons. The predicted octanol–water partition coefficient (Wildman–Crippen LogP) is 2.61. The van der Waals surface area contributed by atoms with Crippen molar-refractivity contribution >= 4 is 10.0 Å². The highest BCUT2D eigenvalue weighted by Gasteiger charge is 2.21. The molecule has 0 aliphatic heterocycles. The molecular weight excluding hydrogens is 284 g/mol. The molecule has 0 fully saturated rings. The zero-order chi connectivity index (χ0) is 14.9. The summed E-state index contributed by atoms with van der Waals surface area (Å²) in [6.07, 6.45) is 6.48. The Morgan fingerprint density at radius 2 is 2.00 bits per heavy atom. The largest absolute Gasteiger partial charge is 0.264 e. The smallest absolute Gasteiger partial charge is 0.241 e. The fraction of sp³-hybridized carbons (Fsp3) is 0.312. The average Bonchev–Trinajstić information content (AvgIpc) is 2.95. The number of benzene rings is 1. The van der Waals surface area contributed by atoms with Crippen molar-refractivity contribution in [2.45, 2.75) is 37.1 Å². The molecule has 0 saturated heterocycles. The topological polar surface area (TPSA) is 59.1 Å². The monoisotopic (exact) mass is 302 g/mol. The Morgan fingerprint density at radius 3 is 2.76 bits per heavy atom. The fourth-order valence-corrected chi connectivity index (χ4v) is 4.00. The van der Waals surface area contributed by atoms with Crippen molar-refractivity contribution in [3.63, 3.8) is 0 Å². The van der Waals surface area contributed by atoms with E-state index in [0.29, 0.717) is 4.90 Å². The maximum absolute atomic E-state index is 12.5. The Hall–Kier alpha value is -1.72. The zero-order valence-corrected chi connectivity index (χ0v) is 12.7. The summed E-state index contributed by atoms with van der Waals surface area (Å²) in [6, 6.07) is 8.80. The van der Waals surface area contributed by atoms with Crippen molar-refractivity contribution in [3.8, 4) is 0 Å². The van der Waals surface area contributed by atoms with Crippen LogP contribution in [0.2, 0.25) is 0 Å². The van der Waals surface area contributed by atoms with E-state index in [0.717, 1.165) is 30.4 Å². The van der Waals surface area contributed by atoms with Gasteiger partial charge in [0.1, 0.15) is 0 Å². The van der Waals surface area contributed by atoms with Crippen LogP contribution in [0.4, 0.5) is 0 Å². The van der Waals surface area contributed by atoms with Crippen LogP contribution in [0.25, 0.3) is 0 Å². The molecule has 1 aliphatic carbocycles. The van der Waals surface area contributed by atoms with Gasteiger partial charge in [0.25, 0.3) is 0 Å². The second-order valence-corrected chi connectivity index (χ2v) is 7.13. The van der Waals surface area contributed by atoms with Gasteiger partial charge >= 0.3 is 0 Å². The number of nitrogens with one attached hydrogen (secondary N) is 1. The van der Waals surface area contributed by atoms with E-state index in [1.54, 1.807) is 30.6 Å². The highest BCUT2D eigenvalue weighted by atomic mass is 32.2. The van der Waals surface area contributed by atoms with Gasteiger partial charge in [0.05, 0.1) is 4.90 Å². The van der Waals surface area contributed by atoms with Gasteiger partial charge in [-0.3, -0.25) is 4.98 Å². The van der Waals surface area contributed by atoms with E-state index in [1.807, 2.05) is 19.1 Å². The maximum Gasteiger partial charge on any atom is 0.241 e. The SMILES string of the molecule is CC(NS(=O)(=O)c1ccc2c(c1)CCC2)c1cccnc1. The minimum atomic E-state index is -3.51. The fourth-order valence-electron chi connectivity index (χ4n) is 2.72. The van der Waals surface area contributed by atoms with Crippen LogP contribution in [-0.2, 0) is 22.9 Å². The summed E-state index contributed by atoms with van der Waals surface area (Å²) in [5.41, 5.74) is 3.28. The number of hydrogen-bond acceptors (Lipinski definition) is 3. The van der Waals surface area contributed by atoms with Gasteiger partial charge in [-0.2, -0.15) is 0 Å². The van der Waals surface area contributed by atoms with E-state index >= 15 is 0 Å². The molecule has 0 saturated carbocycles. The van der Waals surface area contributed by atoms with Gasteiger partial charge in [-0.05, 0) is 61.1 Å². The van der Waals surface area contributed by atoms with Crippen molar-refractivity contribution in [1.29, 1.82) is 0 Å². The Kier molecular flexibility index (Phi) is 3.78. The van der Waals surface area contributed by atoms with E-state index in [4.69, 9.17) is 0 Å². The number of fused-ring (bicyclic) bond motifs is 1. The number of aromatic nitrogens is 1. The lowest BCUT2D eigenvalue weighted by Gasteiger charge is -2.15. The molecule has 1 N–H and O–H groups in total. The number of rotatable bonds is 4. The molecule has 1 heterocycles. The van der Waals surface area contributed by atoms with Crippen LogP contribution in [0.1, 0.15) is 36.1 Å². The molecule has 3 rings (SSSR count). The molecule has 1 unspecified atom stereocenters. The number of sulfonamides is 1. The number of aryl methyl sites for hydroxylation is 2. The number of hydrogen-bond donors (Lipinski definition) is 1. The van der Waals surface area contributed by atoms with E-state index in [1.165, 1.54) is 5.56 Å². The van der Waals surface area contributed by atoms with Crippen molar-refractivity contribution < 1.29 is 8.42 Å². The molecule has 110 valence electrons. The lowest BCUT2D eigenvalue weighted by atomic mass is 10.1. The highest BCUT2D eigenvalue weighted by Crippen LogP contribution is 2.25. The van der Waals surface area contributed by atoms with Crippen LogP contribution in [0.15, 0.2) is 47.6 Å². The maximum atomic E-state index is 12.5. The predicted molar refractivity (Wildman–Crippen MR) is 81.4 cm³/mol. The van der Waals surface area contributed by atoms with Gasteiger partial charge in [-0.1, -0.05) is 12.1 Å². The van der Waals surface area contributed by atoms with Gasteiger partial charge in [0.2, 0.25) is 10.0 Å². The van der Waals surface area contributed by atoms with Crippen LogP contribution < -0.4 is 4.72 Å². The van der Waals surface area contributed by atoms with Gasteiger partial charge < -0.3 is 0 Å². The summed E-state index contributed by atoms with van der Waals surface area (Å²) in [5.74, 6) is 0. The van der Waals surface area contributed by atoms with Crippen molar-refractivity contribution in [1.82, 2.24) is 9.71 Å². The van der Waals surface area contributed by atoms with Gasteiger partial charge in [-0.15, -0.1) is 0 Å². The average molecular weight is 302 g/mol. The molecule has 2 aromatic rings. The molecule has 1 aromatic carbocycles. The van der Waals surface area contributed by atoms with Crippen LogP contribution in [0.5, 0.6) is 0 Å². The van der Waals surface area contributed by atoms with Gasteiger partial charge in [0, 0.05) is 18.4 Å². The summed E-state index contributed by atoms with van der Waals surface area (Å²) >= 11 is 0.